The predicted molar refractivity (Wildman–Crippen MR) is 71.5 cm³/mol. The Morgan fingerprint density at radius 3 is 2.76 bits per heavy atom. The van der Waals surface area contributed by atoms with Crippen molar-refractivity contribution in [3.63, 3.8) is 0 Å². The second-order valence-corrected chi connectivity index (χ2v) is 5.24. The van der Waals surface area contributed by atoms with Crippen LogP contribution in [0.4, 0.5) is 0 Å². The van der Waals surface area contributed by atoms with Crippen LogP contribution in [0.3, 0.4) is 0 Å². The Morgan fingerprint density at radius 2 is 2.06 bits per heavy atom. The van der Waals surface area contributed by atoms with Gasteiger partial charge in [0.1, 0.15) is 10.8 Å². The van der Waals surface area contributed by atoms with Crippen molar-refractivity contribution in [1.82, 2.24) is 15.5 Å². The van der Waals surface area contributed by atoms with E-state index in [1.807, 2.05) is 24.3 Å². The summed E-state index contributed by atoms with van der Waals surface area (Å²) in [6.45, 7) is 3.71. The first-order valence-corrected chi connectivity index (χ1v) is 6.85. The molecule has 0 saturated heterocycles. The van der Waals surface area contributed by atoms with Crippen LogP contribution in [0.5, 0.6) is 10.9 Å². The second kappa shape index (κ2) is 6.09. The lowest BCUT2D eigenvalue weighted by Crippen LogP contribution is -2.11. The molecule has 0 unspecified atom stereocenters. The van der Waals surface area contributed by atoms with Crippen LogP contribution in [0.25, 0.3) is 0 Å². The Bertz CT molecular complexity index is 472. The van der Waals surface area contributed by atoms with Crippen molar-refractivity contribution in [3.8, 4) is 10.9 Å². The molecule has 1 aromatic heterocycles. The maximum Gasteiger partial charge on any atom is 0.299 e. The van der Waals surface area contributed by atoms with Crippen LogP contribution in [0.15, 0.2) is 28.7 Å². The number of benzene rings is 1. The van der Waals surface area contributed by atoms with E-state index in [-0.39, 0.29) is 0 Å². The van der Waals surface area contributed by atoms with Crippen LogP contribution < -0.4 is 10.1 Å². The molecule has 4 nitrogen and oxygen atoms in total. The third-order valence-electron chi connectivity index (χ3n) is 1.99. The van der Waals surface area contributed by atoms with Crippen LogP contribution in [-0.4, -0.2) is 16.7 Å². The Kier molecular flexibility index (Phi) is 4.47. The Balaban J connectivity index is 1.98. The molecule has 6 heteroatoms. The molecule has 2 aromatic rings. The van der Waals surface area contributed by atoms with E-state index in [2.05, 4.69) is 38.4 Å². The number of hydrogen-bond donors (Lipinski definition) is 1. The highest BCUT2D eigenvalue weighted by molar-refractivity contribution is 9.10. The van der Waals surface area contributed by atoms with Crippen molar-refractivity contribution in [1.29, 1.82) is 0 Å². The monoisotopic (exact) mass is 313 g/mol. The summed E-state index contributed by atoms with van der Waals surface area (Å²) in [4.78, 5) is 0. The average Bonchev–Trinajstić information content (AvgIpc) is 2.77. The summed E-state index contributed by atoms with van der Waals surface area (Å²) in [5, 5.41) is 12.7. The number of nitrogens with one attached hydrogen (secondary N) is 1. The SMILES string of the molecule is CCNCc1nnc(Oc2ccc(Br)cc2)s1. The number of ether oxygens (including phenoxy) is 1. The molecule has 0 fully saturated rings. The molecule has 1 heterocycles. The molecule has 2 rings (SSSR count). The van der Waals surface area contributed by atoms with Gasteiger partial charge in [0.15, 0.2) is 0 Å². The van der Waals surface area contributed by atoms with Gasteiger partial charge in [-0.1, -0.05) is 39.3 Å². The predicted octanol–water partition coefficient (Wildman–Crippen LogP) is 3.20. The van der Waals surface area contributed by atoms with Gasteiger partial charge >= 0.3 is 0 Å². The summed E-state index contributed by atoms with van der Waals surface area (Å²) < 4.78 is 6.61. The van der Waals surface area contributed by atoms with Crippen LogP contribution in [-0.2, 0) is 6.54 Å². The molecule has 1 aromatic carbocycles. The standard InChI is InChI=1S/C11H12BrN3OS/c1-2-13-7-10-14-15-11(17-10)16-9-5-3-8(12)4-6-9/h3-6,13H,2,7H2,1H3. The summed E-state index contributed by atoms with van der Waals surface area (Å²) >= 11 is 4.83. The van der Waals surface area contributed by atoms with Crippen molar-refractivity contribution in [2.45, 2.75) is 13.5 Å². The summed E-state index contributed by atoms with van der Waals surface area (Å²) in [5.74, 6) is 0.763. The second-order valence-electron chi connectivity index (χ2n) is 3.30. The molecule has 0 saturated carbocycles. The van der Waals surface area contributed by atoms with Crippen LogP contribution in [0.2, 0.25) is 0 Å². The first-order valence-electron chi connectivity index (χ1n) is 5.24. The van der Waals surface area contributed by atoms with E-state index in [0.29, 0.717) is 5.19 Å². The molecule has 0 aliphatic heterocycles. The zero-order valence-electron chi connectivity index (χ0n) is 9.31. The third-order valence-corrected chi connectivity index (χ3v) is 3.32. The molecular formula is C11H12BrN3OS. The van der Waals surface area contributed by atoms with E-state index in [0.717, 1.165) is 28.3 Å². The highest BCUT2D eigenvalue weighted by Crippen LogP contribution is 2.25. The van der Waals surface area contributed by atoms with E-state index < -0.39 is 0 Å². The highest BCUT2D eigenvalue weighted by Gasteiger charge is 2.05. The number of aromatic nitrogens is 2. The van der Waals surface area contributed by atoms with E-state index in [1.54, 1.807) is 0 Å². The maximum atomic E-state index is 5.59. The largest absolute Gasteiger partial charge is 0.430 e. The first-order chi connectivity index (χ1) is 8.28. The summed E-state index contributed by atoms with van der Waals surface area (Å²) in [7, 11) is 0. The fraction of sp³-hybridized carbons (Fsp3) is 0.273. The average molecular weight is 314 g/mol. The lowest BCUT2D eigenvalue weighted by atomic mass is 10.3. The molecule has 0 amide bonds. The number of hydrogen-bond acceptors (Lipinski definition) is 5. The summed E-state index contributed by atoms with van der Waals surface area (Å²) in [5.41, 5.74) is 0. The van der Waals surface area contributed by atoms with Gasteiger partial charge in [-0.05, 0) is 30.8 Å². The van der Waals surface area contributed by atoms with Gasteiger partial charge in [0.2, 0.25) is 0 Å². The van der Waals surface area contributed by atoms with Gasteiger partial charge in [-0.3, -0.25) is 0 Å². The highest BCUT2D eigenvalue weighted by atomic mass is 79.9. The van der Waals surface area contributed by atoms with Crippen molar-refractivity contribution in [2.75, 3.05) is 6.54 Å². The molecule has 0 aliphatic carbocycles. The minimum absolute atomic E-state index is 0.570. The third kappa shape index (κ3) is 3.76. The van der Waals surface area contributed by atoms with E-state index in [1.165, 1.54) is 11.3 Å². The van der Waals surface area contributed by atoms with Gasteiger partial charge in [0, 0.05) is 11.0 Å². The fourth-order valence-electron chi connectivity index (χ4n) is 1.19. The minimum Gasteiger partial charge on any atom is -0.430 e. The van der Waals surface area contributed by atoms with E-state index >= 15 is 0 Å². The topological polar surface area (TPSA) is 47.0 Å². The van der Waals surface area contributed by atoms with Gasteiger partial charge in [-0.2, -0.15) is 0 Å². The van der Waals surface area contributed by atoms with Crippen molar-refractivity contribution >= 4 is 27.3 Å². The van der Waals surface area contributed by atoms with Crippen molar-refractivity contribution in [2.24, 2.45) is 0 Å². The molecule has 0 bridgehead atoms. The minimum atomic E-state index is 0.570. The number of halogens is 1. The molecule has 0 radical (unpaired) electrons. The molecule has 0 atom stereocenters. The smallest absolute Gasteiger partial charge is 0.299 e. The lowest BCUT2D eigenvalue weighted by molar-refractivity contribution is 0.473. The molecule has 1 N–H and O–H groups in total. The van der Waals surface area contributed by atoms with Crippen LogP contribution in [0, 0.1) is 0 Å². The van der Waals surface area contributed by atoms with E-state index in [4.69, 9.17) is 4.74 Å². The van der Waals surface area contributed by atoms with Gasteiger partial charge < -0.3 is 10.1 Å². The van der Waals surface area contributed by atoms with Gasteiger partial charge in [-0.15, -0.1) is 5.10 Å². The van der Waals surface area contributed by atoms with Crippen LogP contribution in [0.1, 0.15) is 11.9 Å². The van der Waals surface area contributed by atoms with Crippen molar-refractivity contribution < 1.29 is 4.74 Å². The lowest BCUT2D eigenvalue weighted by Gasteiger charge is -1.99. The summed E-state index contributed by atoms with van der Waals surface area (Å²) in [6, 6.07) is 7.62. The fourth-order valence-corrected chi connectivity index (χ4v) is 2.13. The van der Waals surface area contributed by atoms with E-state index in [9.17, 15) is 0 Å². The zero-order chi connectivity index (χ0) is 12.1. The van der Waals surface area contributed by atoms with Crippen LogP contribution >= 0.6 is 27.3 Å². The molecule has 0 spiro atoms. The van der Waals surface area contributed by atoms with Gasteiger partial charge in [-0.25, -0.2) is 0 Å². The van der Waals surface area contributed by atoms with Crippen molar-refractivity contribution in [3.05, 3.63) is 33.7 Å². The molecule has 0 aliphatic rings. The Morgan fingerprint density at radius 1 is 1.29 bits per heavy atom. The van der Waals surface area contributed by atoms with Gasteiger partial charge in [0.05, 0.1) is 0 Å². The molecule has 17 heavy (non-hydrogen) atoms. The molecule has 90 valence electrons. The summed E-state index contributed by atoms with van der Waals surface area (Å²) in [6.07, 6.45) is 0. The Hall–Kier alpha value is -0.980. The maximum absolute atomic E-state index is 5.59. The van der Waals surface area contributed by atoms with Gasteiger partial charge in [0.25, 0.3) is 5.19 Å². The number of nitrogens with zero attached hydrogens (tertiary/aromatic N) is 2. The quantitative estimate of drug-likeness (QED) is 0.920. The number of rotatable bonds is 5. The normalized spacial score (nSPS) is 10.5. The molecular weight excluding hydrogens is 302 g/mol. The first kappa shape index (κ1) is 12.5. The Labute approximate surface area is 112 Å². The zero-order valence-corrected chi connectivity index (χ0v) is 11.7.